The summed E-state index contributed by atoms with van der Waals surface area (Å²) in [6.45, 7) is 0. The second-order valence-electron chi connectivity index (χ2n) is 5.68. The Labute approximate surface area is 169 Å². The summed E-state index contributed by atoms with van der Waals surface area (Å²) in [5.41, 5.74) is 3.62. The predicted octanol–water partition coefficient (Wildman–Crippen LogP) is 4.14. The van der Waals surface area contributed by atoms with Gasteiger partial charge in [-0.1, -0.05) is 28.1 Å². The van der Waals surface area contributed by atoms with Gasteiger partial charge in [0, 0.05) is 4.47 Å². The maximum absolute atomic E-state index is 12.1. The van der Waals surface area contributed by atoms with Crippen molar-refractivity contribution >= 4 is 34.0 Å². The van der Waals surface area contributed by atoms with E-state index < -0.39 is 11.9 Å². The monoisotopic (exact) mass is 438 g/mol. The Kier molecular flexibility index (Phi) is 6.18. The van der Waals surface area contributed by atoms with Crippen LogP contribution in [-0.2, 0) is 0 Å². The maximum Gasteiger partial charge on any atom is 0.343 e. The van der Waals surface area contributed by atoms with Gasteiger partial charge in [-0.05, 0) is 66.2 Å². The summed E-state index contributed by atoms with van der Waals surface area (Å²) in [5.74, 6) is -0.700. The van der Waals surface area contributed by atoms with Gasteiger partial charge >= 0.3 is 5.97 Å². The van der Waals surface area contributed by atoms with E-state index in [1.54, 1.807) is 60.7 Å². The van der Waals surface area contributed by atoms with Crippen LogP contribution in [-0.4, -0.2) is 23.2 Å². The number of hydrazone groups is 1. The molecule has 6 nitrogen and oxygen atoms in total. The molecule has 0 bridgehead atoms. The van der Waals surface area contributed by atoms with E-state index in [0.717, 1.165) is 4.47 Å². The number of carbonyl (C=O) groups excluding carboxylic acids is 2. The fourth-order valence-corrected chi connectivity index (χ4v) is 2.53. The van der Waals surface area contributed by atoms with E-state index >= 15 is 0 Å². The number of ether oxygens (including phenoxy) is 1. The summed E-state index contributed by atoms with van der Waals surface area (Å²) in [5, 5.41) is 13.5. The van der Waals surface area contributed by atoms with Gasteiger partial charge < -0.3 is 9.84 Å². The van der Waals surface area contributed by atoms with Crippen molar-refractivity contribution in [3.8, 4) is 11.5 Å². The molecule has 2 N–H and O–H groups in total. The van der Waals surface area contributed by atoms with Crippen LogP contribution in [0.3, 0.4) is 0 Å². The molecule has 0 unspecified atom stereocenters. The predicted molar refractivity (Wildman–Crippen MR) is 109 cm³/mol. The normalized spacial score (nSPS) is 10.6. The van der Waals surface area contributed by atoms with Crippen LogP contribution in [0.4, 0.5) is 0 Å². The van der Waals surface area contributed by atoms with Crippen LogP contribution in [0.5, 0.6) is 11.5 Å². The highest BCUT2D eigenvalue weighted by molar-refractivity contribution is 9.10. The zero-order valence-electron chi connectivity index (χ0n) is 14.5. The SMILES string of the molecule is O=C(Oc1ccc(/C=N\NC(=O)c2ccccc2O)cc1)c1ccc(Br)cc1. The van der Waals surface area contributed by atoms with E-state index in [9.17, 15) is 14.7 Å². The number of phenols is 1. The summed E-state index contributed by atoms with van der Waals surface area (Å²) in [6, 6.07) is 19.7. The molecule has 0 radical (unpaired) electrons. The van der Waals surface area contributed by atoms with Crippen molar-refractivity contribution in [1.29, 1.82) is 0 Å². The molecule has 3 aromatic rings. The Bertz CT molecular complexity index is 1020. The van der Waals surface area contributed by atoms with Gasteiger partial charge in [-0.25, -0.2) is 10.2 Å². The lowest BCUT2D eigenvalue weighted by atomic mass is 10.2. The molecule has 0 aromatic heterocycles. The molecule has 7 heteroatoms. The average molecular weight is 439 g/mol. The molecular weight excluding hydrogens is 424 g/mol. The molecule has 28 heavy (non-hydrogen) atoms. The number of nitrogens with one attached hydrogen (secondary N) is 1. The lowest BCUT2D eigenvalue weighted by molar-refractivity contribution is 0.0734. The van der Waals surface area contributed by atoms with Gasteiger partial charge in [0.05, 0.1) is 17.3 Å². The number of phenolic OH excluding ortho intramolecular Hbond substituents is 1. The minimum absolute atomic E-state index is 0.118. The number of nitrogens with zero attached hydrogens (tertiary/aromatic N) is 1. The summed E-state index contributed by atoms with van der Waals surface area (Å²) < 4.78 is 6.19. The van der Waals surface area contributed by atoms with Crippen molar-refractivity contribution in [3.05, 3.63) is 94.0 Å². The van der Waals surface area contributed by atoms with Crippen molar-refractivity contribution in [1.82, 2.24) is 5.43 Å². The van der Waals surface area contributed by atoms with Crippen molar-refractivity contribution in [2.45, 2.75) is 0 Å². The number of hydrogen-bond donors (Lipinski definition) is 2. The Hall–Kier alpha value is -3.45. The van der Waals surface area contributed by atoms with Gasteiger partial charge in [0.25, 0.3) is 5.91 Å². The smallest absolute Gasteiger partial charge is 0.343 e. The summed E-state index contributed by atoms with van der Waals surface area (Å²) in [6.07, 6.45) is 1.44. The number of aromatic hydroxyl groups is 1. The lowest BCUT2D eigenvalue weighted by Crippen LogP contribution is -2.17. The highest BCUT2D eigenvalue weighted by Crippen LogP contribution is 2.16. The number of halogens is 1. The zero-order valence-corrected chi connectivity index (χ0v) is 16.1. The van der Waals surface area contributed by atoms with Crippen molar-refractivity contribution in [2.24, 2.45) is 5.10 Å². The van der Waals surface area contributed by atoms with Crippen LogP contribution in [0.25, 0.3) is 0 Å². The van der Waals surface area contributed by atoms with Gasteiger partial charge in [-0.3, -0.25) is 4.79 Å². The molecular formula is C21H15BrN2O4. The first-order valence-electron chi connectivity index (χ1n) is 8.22. The summed E-state index contributed by atoms with van der Waals surface area (Å²) in [4.78, 5) is 24.0. The van der Waals surface area contributed by atoms with Crippen molar-refractivity contribution < 1.29 is 19.4 Å². The molecule has 0 aliphatic rings. The molecule has 0 saturated heterocycles. The Balaban J connectivity index is 1.57. The first-order chi connectivity index (χ1) is 13.5. The highest BCUT2D eigenvalue weighted by Gasteiger charge is 2.09. The quantitative estimate of drug-likeness (QED) is 0.271. The summed E-state index contributed by atoms with van der Waals surface area (Å²) >= 11 is 3.31. The third-order valence-corrected chi connectivity index (χ3v) is 4.23. The number of hydrogen-bond acceptors (Lipinski definition) is 5. The van der Waals surface area contributed by atoms with Gasteiger partial charge in [0.2, 0.25) is 0 Å². The number of rotatable bonds is 5. The van der Waals surface area contributed by atoms with E-state index in [2.05, 4.69) is 26.5 Å². The molecule has 0 spiro atoms. The van der Waals surface area contributed by atoms with Crippen LogP contribution >= 0.6 is 15.9 Å². The average Bonchev–Trinajstić information content (AvgIpc) is 2.70. The molecule has 0 aliphatic heterocycles. The van der Waals surface area contributed by atoms with Crippen molar-refractivity contribution in [2.75, 3.05) is 0 Å². The number of carbonyl (C=O) groups is 2. The Morgan fingerprint density at radius 3 is 2.32 bits per heavy atom. The van der Waals surface area contributed by atoms with Crippen LogP contribution in [0.1, 0.15) is 26.3 Å². The van der Waals surface area contributed by atoms with Crippen LogP contribution in [0.2, 0.25) is 0 Å². The Morgan fingerprint density at radius 1 is 0.964 bits per heavy atom. The first-order valence-corrected chi connectivity index (χ1v) is 9.01. The van der Waals surface area contributed by atoms with Gasteiger partial charge in [-0.2, -0.15) is 5.10 Å². The first kappa shape index (κ1) is 19.3. The molecule has 0 aliphatic carbocycles. The van der Waals surface area contributed by atoms with Crippen LogP contribution in [0, 0.1) is 0 Å². The second kappa shape index (κ2) is 8.96. The highest BCUT2D eigenvalue weighted by atomic mass is 79.9. The third-order valence-electron chi connectivity index (χ3n) is 3.70. The number of benzene rings is 3. The van der Waals surface area contributed by atoms with E-state index in [-0.39, 0.29) is 11.3 Å². The molecule has 140 valence electrons. The molecule has 0 fully saturated rings. The third kappa shape index (κ3) is 5.05. The Morgan fingerprint density at radius 2 is 1.64 bits per heavy atom. The number of amides is 1. The van der Waals surface area contributed by atoms with Crippen molar-refractivity contribution in [3.63, 3.8) is 0 Å². The minimum Gasteiger partial charge on any atom is -0.507 e. The molecule has 0 atom stereocenters. The second-order valence-corrected chi connectivity index (χ2v) is 6.60. The molecule has 0 heterocycles. The largest absolute Gasteiger partial charge is 0.507 e. The summed E-state index contributed by atoms with van der Waals surface area (Å²) in [7, 11) is 0. The number of esters is 1. The number of para-hydroxylation sites is 1. The molecule has 3 rings (SSSR count). The minimum atomic E-state index is -0.519. The van der Waals surface area contributed by atoms with Gasteiger partial charge in [0.15, 0.2) is 0 Å². The fourth-order valence-electron chi connectivity index (χ4n) is 2.27. The van der Waals surface area contributed by atoms with Gasteiger partial charge in [0.1, 0.15) is 11.5 Å². The topological polar surface area (TPSA) is 88.0 Å². The van der Waals surface area contributed by atoms with E-state index in [1.165, 1.54) is 18.3 Å². The van der Waals surface area contributed by atoms with Gasteiger partial charge in [-0.15, -0.1) is 0 Å². The fraction of sp³-hybridized carbons (Fsp3) is 0. The lowest BCUT2D eigenvalue weighted by Gasteiger charge is -2.05. The maximum atomic E-state index is 12.1. The van der Waals surface area contributed by atoms with E-state index in [0.29, 0.717) is 16.9 Å². The van der Waals surface area contributed by atoms with Crippen LogP contribution in [0.15, 0.2) is 82.4 Å². The molecule has 0 saturated carbocycles. The van der Waals surface area contributed by atoms with Crippen LogP contribution < -0.4 is 10.2 Å². The molecule has 3 aromatic carbocycles. The van der Waals surface area contributed by atoms with E-state index in [4.69, 9.17) is 4.74 Å². The molecule has 1 amide bonds. The zero-order chi connectivity index (χ0) is 19.9. The van der Waals surface area contributed by atoms with E-state index in [1.807, 2.05) is 0 Å². The standard InChI is InChI=1S/C21H15BrN2O4/c22-16-9-7-15(8-10-16)21(27)28-17-11-5-14(6-12-17)13-23-24-20(26)18-3-1-2-4-19(18)25/h1-13,25H,(H,24,26)/b23-13-.